The number of amides is 1. The van der Waals surface area contributed by atoms with Crippen molar-refractivity contribution >= 4 is 27.8 Å². The summed E-state index contributed by atoms with van der Waals surface area (Å²) >= 11 is 0. The molecule has 1 aromatic carbocycles. The van der Waals surface area contributed by atoms with Gasteiger partial charge in [-0.2, -0.15) is 17.7 Å². The molecule has 1 aromatic heterocycles. The van der Waals surface area contributed by atoms with Crippen LogP contribution in [0, 0.1) is 0 Å². The molecule has 9 nitrogen and oxygen atoms in total. The van der Waals surface area contributed by atoms with Crippen LogP contribution in [0.25, 0.3) is 0 Å². The quantitative estimate of drug-likeness (QED) is 0.698. The number of hydrogen-bond acceptors (Lipinski definition) is 7. The summed E-state index contributed by atoms with van der Waals surface area (Å²) < 4.78 is 39.1. The van der Waals surface area contributed by atoms with Gasteiger partial charge in [0.1, 0.15) is 6.26 Å². The highest BCUT2D eigenvalue weighted by Crippen LogP contribution is 2.37. The maximum Gasteiger partial charge on any atom is 0.304 e. The zero-order valence-corrected chi connectivity index (χ0v) is 18.6. The van der Waals surface area contributed by atoms with E-state index in [-0.39, 0.29) is 18.3 Å². The number of carbonyl (C=O) groups is 1. The molecule has 2 aromatic rings. The average molecular weight is 449 g/mol. The Balaban J connectivity index is 1.50. The normalized spacial score (nSPS) is 17.4. The van der Waals surface area contributed by atoms with Gasteiger partial charge in [-0.25, -0.2) is 4.72 Å². The van der Waals surface area contributed by atoms with Gasteiger partial charge < -0.3 is 14.5 Å². The van der Waals surface area contributed by atoms with E-state index >= 15 is 0 Å². The van der Waals surface area contributed by atoms with Crippen LogP contribution in [0.5, 0.6) is 0 Å². The van der Waals surface area contributed by atoms with E-state index in [0.29, 0.717) is 32.1 Å². The third kappa shape index (κ3) is 4.76. The summed E-state index contributed by atoms with van der Waals surface area (Å²) in [6, 6.07) is 4.45. The summed E-state index contributed by atoms with van der Waals surface area (Å²) in [5, 5.41) is 3.23. The Hall–Kier alpha value is -2.43. The second-order valence-corrected chi connectivity index (χ2v) is 9.81. The highest BCUT2D eigenvalue weighted by Gasteiger charge is 2.27. The first kappa shape index (κ1) is 21.8. The lowest BCUT2D eigenvalue weighted by atomic mass is 9.95. The molecule has 1 aliphatic heterocycles. The number of fused-ring (bicyclic) bond motifs is 1. The summed E-state index contributed by atoms with van der Waals surface area (Å²) in [5.74, 6) is -0.529. The zero-order chi connectivity index (χ0) is 22.0. The Morgan fingerprint density at radius 3 is 2.81 bits per heavy atom. The topological polar surface area (TPSA) is 114 Å². The Morgan fingerprint density at radius 1 is 1.16 bits per heavy atom. The Bertz CT molecular complexity index is 1060. The first-order valence-corrected chi connectivity index (χ1v) is 12.1. The predicted octanol–water partition coefficient (Wildman–Crippen LogP) is 2.73. The van der Waals surface area contributed by atoms with Crippen molar-refractivity contribution in [2.45, 2.75) is 45.4 Å². The minimum Gasteiger partial charge on any atom is -0.431 e. The molecule has 10 heteroatoms. The number of aromatic nitrogens is 1. The summed E-state index contributed by atoms with van der Waals surface area (Å²) in [5.41, 5.74) is 4.58. The fourth-order valence-electron chi connectivity index (χ4n) is 4.05. The number of nitrogens with one attached hydrogen (secondary N) is 2. The van der Waals surface area contributed by atoms with Gasteiger partial charge in [0.2, 0.25) is 0 Å². The molecule has 0 saturated carbocycles. The molecule has 0 radical (unpaired) electrons. The SMILES string of the molecule is CC(C)c1ccc2c(c1Nc1nc(C(=O)NS(=O)(=O)N3CCCOCC3)co1)CCC2. The van der Waals surface area contributed by atoms with Crippen LogP contribution in [0.3, 0.4) is 0 Å². The summed E-state index contributed by atoms with van der Waals surface area (Å²) in [4.78, 5) is 16.7. The minimum absolute atomic E-state index is 0.101. The second-order valence-electron chi connectivity index (χ2n) is 8.14. The fourth-order valence-corrected chi connectivity index (χ4v) is 5.21. The van der Waals surface area contributed by atoms with Crippen LogP contribution in [-0.2, 0) is 27.8 Å². The molecule has 1 aliphatic carbocycles. The molecule has 2 aliphatic rings. The van der Waals surface area contributed by atoms with Crippen LogP contribution in [0.1, 0.15) is 59.8 Å². The molecule has 1 saturated heterocycles. The summed E-state index contributed by atoms with van der Waals surface area (Å²) in [6.07, 6.45) is 4.86. The zero-order valence-electron chi connectivity index (χ0n) is 17.8. The van der Waals surface area contributed by atoms with Crippen molar-refractivity contribution in [2.24, 2.45) is 0 Å². The smallest absolute Gasteiger partial charge is 0.304 e. The van der Waals surface area contributed by atoms with Crippen molar-refractivity contribution in [1.82, 2.24) is 14.0 Å². The number of nitrogens with zero attached hydrogens (tertiary/aromatic N) is 2. The number of benzene rings is 1. The number of carbonyl (C=O) groups excluding carboxylic acids is 1. The molecule has 168 valence electrons. The third-order valence-electron chi connectivity index (χ3n) is 5.65. The average Bonchev–Trinajstić information content (AvgIpc) is 3.30. The van der Waals surface area contributed by atoms with E-state index < -0.39 is 16.1 Å². The van der Waals surface area contributed by atoms with E-state index in [1.54, 1.807) is 0 Å². The van der Waals surface area contributed by atoms with Gasteiger partial charge in [-0.3, -0.25) is 4.79 Å². The lowest BCUT2D eigenvalue weighted by Crippen LogP contribution is -2.44. The van der Waals surface area contributed by atoms with Crippen molar-refractivity contribution in [3.05, 3.63) is 40.8 Å². The molecule has 1 fully saturated rings. The first-order valence-electron chi connectivity index (χ1n) is 10.6. The molecule has 2 N–H and O–H groups in total. The summed E-state index contributed by atoms with van der Waals surface area (Å²) in [6.45, 7) is 5.53. The summed E-state index contributed by atoms with van der Waals surface area (Å²) in [7, 11) is -3.98. The molecular weight excluding hydrogens is 420 g/mol. The lowest BCUT2D eigenvalue weighted by molar-refractivity contribution is 0.0973. The van der Waals surface area contributed by atoms with Crippen molar-refractivity contribution in [3.63, 3.8) is 0 Å². The van der Waals surface area contributed by atoms with Gasteiger partial charge in [0.05, 0.1) is 6.61 Å². The number of aryl methyl sites for hydroxylation is 1. The monoisotopic (exact) mass is 448 g/mol. The largest absolute Gasteiger partial charge is 0.431 e. The molecule has 0 atom stereocenters. The van der Waals surface area contributed by atoms with Gasteiger partial charge in [-0.15, -0.1) is 0 Å². The maximum atomic E-state index is 12.5. The Labute approximate surface area is 182 Å². The number of ether oxygens (including phenoxy) is 1. The Kier molecular flexibility index (Phi) is 6.31. The molecule has 2 heterocycles. The maximum absolute atomic E-state index is 12.5. The van der Waals surface area contributed by atoms with Gasteiger partial charge >= 0.3 is 10.2 Å². The van der Waals surface area contributed by atoms with Crippen molar-refractivity contribution in [1.29, 1.82) is 0 Å². The van der Waals surface area contributed by atoms with E-state index in [9.17, 15) is 13.2 Å². The van der Waals surface area contributed by atoms with E-state index in [4.69, 9.17) is 9.15 Å². The molecule has 0 bridgehead atoms. The van der Waals surface area contributed by atoms with E-state index in [1.807, 2.05) is 0 Å². The molecular formula is C21H28N4O5S. The van der Waals surface area contributed by atoms with Gasteiger partial charge in [-0.1, -0.05) is 26.0 Å². The molecule has 0 spiro atoms. The standard InChI is InChI=1S/C21H28N4O5S/c1-14(2)16-8-7-15-5-3-6-17(15)19(16)23-21-22-18(13-30-21)20(26)24-31(27,28)25-9-4-11-29-12-10-25/h7-8,13-14H,3-6,9-12H2,1-2H3,(H,22,23)(H,24,26). The van der Waals surface area contributed by atoms with E-state index in [1.165, 1.54) is 15.4 Å². The highest BCUT2D eigenvalue weighted by atomic mass is 32.2. The van der Waals surface area contributed by atoms with Crippen molar-refractivity contribution in [3.8, 4) is 0 Å². The number of anilines is 2. The number of hydrogen-bond donors (Lipinski definition) is 2. The van der Waals surface area contributed by atoms with Crippen LogP contribution < -0.4 is 10.0 Å². The fraction of sp³-hybridized carbons (Fsp3) is 0.524. The van der Waals surface area contributed by atoms with Crippen LogP contribution in [0.2, 0.25) is 0 Å². The second kappa shape index (κ2) is 8.97. The molecule has 31 heavy (non-hydrogen) atoms. The van der Waals surface area contributed by atoms with E-state index in [2.05, 4.69) is 41.0 Å². The van der Waals surface area contributed by atoms with Crippen LogP contribution in [0.4, 0.5) is 11.7 Å². The van der Waals surface area contributed by atoms with Gasteiger partial charge in [0.15, 0.2) is 5.69 Å². The highest BCUT2D eigenvalue weighted by molar-refractivity contribution is 7.87. The third-order valence-corrected chi connectivity index (χ3v) is 7.14. The van der Waals surface area contributed by atoms with Gasteiger partial charge in [0, 0.05) is 25.4 Å². The molecule has 0 unspecified atom stereocenters. The first-order chi connectivity index (χ1) is 14.8. The van der Waals surface area contributed by atoms with Crippen LogP contribution in [-0.4, -0.2) is 49.9 Å². The van der Waals surface area contributed by atoms with Crippen molar-refractivity contribution in [2.75, 3.05) is 31.6 Å². The van der Waals surface area contributed by atoms with Crippen molar-refractivity contribution < 1.29 is 22.4 Å². The van der Waals surface area contributed by atoms with E-state index in [0.717, 1.165) is 36.8 Å². The molecule has 1 amide bonds. The van der Waals surface area contributed by atoms with Gasteiger partial charge in [0.25, 0.3) is 11.9 Å². The molecule has 4 rings (SSSR count). The van der Waals surface area contributed by atoms with Crippen LogP contribution in [0.15, 0.2) is 22.8 Å². The van der Waals surface area contributed by atoms with Gasteiger partial charge in [-0.05, 0) is 48.3 Å². The van der Waals surface area contributed by atoms with Crippen LogP contribution >= 0.6 is 0 Å². The number of oxazole rings is 1. The minimum atomic E-state index is -3.98. The lowest BCUT2D eigenvalue weighted by Gasteiger charge is -2.18. The predicted molar refractivity (Wildman–Crippen MR) is 116 cm³/mol. The number of rotatable bonds is 6. The Morgan fingerprint density at radius 2 is 2.00 bits per heavy atom.